The first-order chi connectivity index (χ1) is 11.7. The van der Waals surface area contributed by atoms with E-state index in [1.807, 2.05) is 0 Å². The molecule has 1 aromatic rings. The van der Waals surface area contributed by atoms with E-state index in [-0.39, 0.29) is 17.7 Å². The molecule has 2 amide bonds. The van der Waals surface area contributed by atoms with Gasteiger partial charge in [0.25, 0.3) is 5.91 Å². The van der Waals surface area contributed by atoms with Gasteiger partial charge in [-0.3, -0.25) is 9.59 Å². The Morgan fingerprint density at radius 3 is 2.96 bits per heavy atom. The maximum Gasteiger partial charge on any atom is 0.289 e. The molecule has 1 N–H and O–H groups in total. The highest BCUT2D eigenvalue weighted by Gasteiger charge is 2.29. The molecule has 5 nitrogen and oxygen atoms in total. The molecule has 2 heterocycles. The summed E-state index contributed by atoms with van der Waals surface area (Å²) in [6.07, 6.45) is 11.4. The third kappa shape index (κ3) is 4.28. The lowest BCUT2D eigenvalue weighted by atomic mass is 9.96. The Hall–Kier alpha value is -2.04. The number of rotatable bonds is 5. The van der Waals surface area contributed by atoms with Crippen LogP contribution in [0.4, 0.5) is 0 Å². The van der Waals surface area contributed by atoms with Gasteiger partial charge in [-0.15, -0.1) is 0 Å². The summed E-state index contributed by atoms with van der Waals surface area (Å²) in [6, 6.07) is 3.38. The molecule has 0 radical (unpaired) electrons. The van der Waals surface area contributed by atoms with Crippen LogP contribution in [0.2, 0.25) is 0 Å². The van der Waals surface area contributed by atoms with Gasteiger partial charge in [-0.25, -0.2) is 0 Å². The number of amides is 2. The molecule has 3 rings (SSSR count). The largest absolute Gasteiger partial charge is 0.459 e. The van der Waals surface area contributed by atoms with E-state index < -0.39 is 0 Å². The maximum atomic E-state index is 12.4. The number of nitrogens with zero attached hydrogens (tertiary/aromatic N) is 1. The van der Waals surface area contributed by atoms with Crippen LogP contribution in [0.25, 0.3) is 0 Å². The van der Waals surface area contributed by atoms with Crippen molar-refractivity contribution in [2.75, 3.05) is 19.6 Å². The second-order valence-corrected chi connectivity index (χ2v) is 6.72. The number of hydrogen-bond donors (Lipinski definition) is 1. The van der Waals surface area contributed by atoms with Gasteiger partial charge in [-0.05, 0) is 57.1 Å². The fourth-order valence-electron chi connectivity index (χ4n) is 3.55. The van der Waals surface area contributed by atoms with E-state index in [1.54, 1.807) is 17.0 Å². The van der Waals surface area contributed by atoms with Crippen molar-refractivity contribution in [1.82, 2.24) is 10.2 Å². The fourth-order valence-corrected chi connectivity index (χ4v) is 3.55. The fraction of sp³-hybridized carbons (Fsp3) is 0.579. The van der Waals surface area contributed by atoms with Crippen LogP contribution >= 0.6 is 0 Å². The minimum Gasteiger partial charge on any atom is -0.459 e. The van der Waals surface area contributed by atoms with Crippen molar-refractivity contribution in [2.45, 2.75) is 44.9 Å². The monoisotopic (exact) mass is 330 g/mol. The first kappa shape index (κ1) is 16.8. The van der Waals surface area contributed by atoms with Crippen LogP contribution in [0.3, 0.4) is 0 Å². The first-order valence-electron chi connectivity index (χ1n) is 9.02. The minimum atomic E-state index is -0.120. The topological polar surface area (TPSA) is 62.6 Å². The molecule has 130 valence electrons. The zero-order valence-corrected chi connectivity index (χ0v) is 14.1. The van der Waals surface area contributed by atoms with Gasteiger partial charge in [0.15, 0.2) is 5.76 Å². The Labute approximate surface area is 143 Å². The summed E-state index contributed by atoms with van der Waals surface area (Å²) in [7, 11) is 0. The molecule has 1 atom stereocenters. The Morgan fingerprint density at radius 2 is 2.21 bits per heavy atom. The second-order valence-electron chi connectivity index (χ2n) is 6.72. The summed E-state index contributed by atoms with van der Waals surface area (Å²) in [5, 5.41) is 3.05. The van der Waals surface area contributed by atoms with E-state index in [0.29, 0.717) is 25.4 Å². The van der Waals surface area contributed by atoms with Crippen molar-refractivity contribution >= 4 is 11.8 Å². The number of allylic oxidation sites excluding steroid dienone is 1. The molecule has 5 heteroatoms. The molecule has 2 aliphatic rings. The first-order valence-corrected chi connectivity index (χ1v) is 9.02. The third-order valence-corrected chi connectivity index (χ3v) is 4.94. The van der Waals surface area contributed by atoms with Crippen molar-refractivity contribution < 1.29 is 14.0 Å². The van der Waals surface area contributed by atoms with Gasteiger partial charge >= 0.3 is 0 Å². The number of likely N-dealkylation sites (tertiary alicyclic amines) is 1. The van der Waals surface area contributed by atoms with Crippen LogP contribution < -0.4 is 5.32 Å². The molecule has 1 saturated heterocycles. The number of nitrogens with one attached hydrogen (secondary N) is 1. The van der Waals surface area contributed by atoms with E-state index >= 15 is 0 Å². The van der Waals surface area contributed by atoms with Crippen molar-refractivity contribution in [2.24, 2.45) is 5.92 Å². The molecular weight excluding hydrogens is 304 g/mol. The average molecular weight is 330 g/mol. The minimum absolute atomic E-state index is 0.0726. The highest BCUT2D eigenvalue weighted by Crippen LogP contribution is 2.21. The maximum absolute atomic E-state index is 12.4. The lowest BCUT2D eigenvalue weighted by Crippen LogP contribution is -2.45. The SMILES string of the molecule is O=C(NCCC1=CCCCC1)C1CCCN(C(=O)c2ccco2)C1. The van der Waals surface area contributed by atoms with Crippen LogP contribution in [0, 0.1) is 5.92 Å². The Bertz CT molecular complexity index is 592. The normalized spacial score (nSPS) is 21.2. The lowest BCUT2D eigenvalue weighted by Gasteiger charge is -2.31. The molecule has 1 fully saturated rings. The van der Waals surface area contributed by atoms with Crippen LogP contribution in [0.1, 0.15) is 55.5 Å². The van der Waals surface area contributed by atoms with Gasteiger partial charge in [0.2, 0.25) is 5.91 Å². The van der Waals surface area contributed by atoms with Gasteiger partial charge < -0.3 is 14.6 Å². The quantitative estimate of drug-likeness (QED) is 0.844. The highest BCUT2D eigenvalue weighted by molar-refractivity contribution is 5.92. The Morgan fingerprint density at radius 1 is 1.29 bits per heavy atom. The van der Waals surface area contributed by atoms with E-state index in [2.05, 4.69) is 11.4 Å². The smallest absolute Gasteiger partial charge is 0.289 e. The standard InChI is InChI=1S/C19H26N2O3/c22-18(20-11-10-15-6-2-1-3-7-15)16-8-4-12-21(14-16)19(23)17-9-5-13-24-17/h5-6,9,13,16H,1-4,7-8,10-12,14H2,(H,20,22). The number of piperidine rings is 1. The Kier molecular flexibility index (Phi) is 5.72. The molecule has 0 bridgehead atoms. The van der Waals surface area contributed by atoms with E-state index in [4.69, 9.17) is 4.42 Å². The van der Waals surface area contributed by atoms with E-state index in [9.17, 15) is 9.59 Å². The van der Waals surface area contributed by atoms with Gasteiger partial charge in [-0.2, -0.15) is 0 Å². The molecule has 24 heavy (non-hydrogen) atoms. The second kappa shape index (κ2) is 8.18. The number of hydrogen-bond acceptors (Lipinski definition) is 3. The van der Waals surface area contributed by atoms with Gasteiger partial charge in [0.05, 0.1) is 12.2 Å². The molecule has 1 aliphatic carbocycles. The molecule has 1 aliphatic heterocycles. The predicted molar refractivity (Wildman–Crippen MR) is 91.5 cm³/mol. The van der Waals surface area contributed by atoms with Crippen molar-refractivity contribution in [1.29, 1.82) is 0 Å². The highest BCUT2D eigenvalue weighted by atomic mass is 16.3. The van der Waals surface area contributed by atoms with Gasteiger partial charge in [-0.1, -0.05) is 11.6 Å². The molecule has 1 unspecified atom stereocenters. The van der Waals surface area contributed by atoms with E-state index in [0.717, 1.165) is 19.3 Å². The van der Waals surface area contributed by atoms with Crippen molar-refractivity contribution in [3.05, 3.63) is 35.8 Å². The number of furan rings is 1. The van der Waals surface area contributed by atoms with Gasteiger partial charge in [0, 0.05) is 19.6 Å². The predicted octanol–water partition coefficient (Wildman–Crippen LogP) is 3.14. The summed E-state index contributed by atoms with van der Waals surface area (Å²) in [4.78, 5) is 26.5. The average Bonchev–Trinajstić information content (AvgIpc) is 3.16. The van der Waals surface area contributed by atoms with Crippen LogP contribution in [0.5, 0.6) is 0 Å². The summed E-state index contributed by atoms with van der Waals surface area (Å²) in [5.74, 6) is 0.187. The van der Waals surface area contributed by atoms with Crippen molar-refractivity contribution in [3.63, 3.8) is 0 Å². The summed E-state index contributed by atoms with van der Waals surface area (Å²) < 4.78 is 5.18. The van der Waals surface area contributed by atoms with E-state index in [1.165, 1.54) is 37.5 Å². The molecule has 0 aromatic carbocycles. The van der Waals surface area contributed by atoms with Crippen LogP contribution in [0.15, 0.2) is 34.5 Å². The summed E-state index contributed by atoms with van der Waals surface area (Å²) >= 11 is 0. The van der Waals surface area contributed by atoms with Crippen LogP contribution in [-0.2, 0) is 4.79 Å². The molecule has 1 aromatic heterocycles. The molecule has 0 spiro atoms. The van der Waals surface area contributed by atoms with Crippen molar-refractivity contribution in [3.8, 4) is 0 Å². The summed E-state index contributed by atoms with van der Waals surface area (Å²) in [6.45, 7) is 1.87. The zero-order chi connectivity index (χ0) is 16.8. The molecule has 0 saturated carbocycles. The zero-order valence-electron chi connectivity index (χ0n) is 14.1. The third-order valence-electron chi connectivity index (χ3n) is 4.94. The van der Waals surface area contributed by atoms with Gasteiger partial charge in [0.1, 0.15) is 0 Å². The summed E-state index contributed by atoms with van der Waals surface area (Å²) in [5.41, 5.74) is 1.47. The molecular formula is C19H26N2O3. The lowest BCUT2D eigenvalue weighted by molar-refractivity contribution is -0.126. The Balaban J connectivity index is 1.46. The number of carbonyl (C=O) groups excluding carboxylic acids is 2. The number of carbonyl (C=O) groups is 2. The van der Waals surface area contributed by atoms with Crippen LogP contribution in [-0.4, -0.2) is 36.3 Å².